The molecule has 2 aromatic carbocycles. The first-order chi connectivity index (χ1) is 13.1. The molecule has 1 atom stereocenters. The molecule has 1 aliphatic heterocycles. The lowest BCUT2D eigenvalue weighted by molar-refractivity contribution is -0.133. The van der Waals surface area contributed by atoms with E-state index in [1.807, 2.05) is 11.0 Å². The molecular formula is C23H29FN2O. The van der Waals surface area contributed by atoms with E-state index < -0.39 is 0 Å². The molecule has 3 rings (SSSR count). The number of amides is 1. The molecule has 1 fully saturated rings. The van der Waals surface area contributed by atoms with Crippen molar-refractivity contribution >= 4 is 5.91 Å². The normalized spacial score (nSPS) is 17.3. The number of nitrogens with zero attached hydrogens (tertiary/aromatic N) is 2. The molecule has 0 bridgehead atoms. The van der Waals surface area contributed by atoms with Gasteiger partial charge in [-0.2, -0.15) is 0 Å². The van der Waals surface area contributed by atoms with Crippen LogP contribution < -0.4 is 0 Å². The van der Waals surface area contributed by atoms with E-state index in [2.05, 4.69) is 36.2 Å². The summed E-state index contributed by atoms with van der Waals surface area (Å²) in [6.45, 7) is 2.60. The molecule has 0 aliphatic carbocycles. The lowest BCUT2D eigenvalue weighted by Gasteiger charge is -2.38. The molecule has 144 valence electrons. The molecule has 1 saturated heterocycles. The smallest absolute Gasteiger partial charge is 0.222 e. The number of likely N-dealkylation sites (N-methyl/N-ethyl adjacent to an activating group) is 1. The Balaban J connectivity index is 1.45. The number of likely N-dealkylation sites (tertiary alicyclic amines) is 1. The Morgan fingerprint density at radius 3 is 2.59 bits per heavy atom. The van der Waals surface area contributed by atoms with Crippen LogP contribution in [0.1, 0.15) is 36.8 Å². The summed E-state index contributed by atoms with van der Waals surface area (Å²) in [5.74, 6) is 0.0312. The Kier molecular flexibility index (Phi) is 6.99. The van der Waals surface area contributed by atoms with Crippen LogP contribution in [0.25, 0.3) is 0 Å². The SMILES string of the molecule is CN(Cc1ccccc1)C1CCCN(C(=O)CCCc2ccc(F)cc2)C1. The van der Waals surface area contributed by atoms with Gasteiger partial charge >= 0.3 is 0 Å². The van der Waals surface area contributed by atoms with Crippen molar-refractivity contribution < 1.29 is 9.18 Å². The zero-order valence-corrected chi connectivity index (χ0v) is 16.1. The van der Waals surface area contributed by atoms with E-state index in [1.165, 1.54) is 17.7 Å². The maximum Gasteiger partial charge on any atom is 0.222 e. The van der Waals surface area contributed by atoms with Crippen LogP contribution in [0.2, 0.25) is 0 Å². The fraction of sp³-hybridized carbons (Fsp3) is 0.435. The summed E-state index contributed by atoms with van der Waals surface area (Å²) in [4.78, 5) is 17.0. The van der Waals surface area contributed by atoms with Gasteiger partial charge in [-0.15, -0.1) is 0 Å². The number of benzene rings is 2. The van der Waals surface area contributed by atoms with Crippen LogP contribution in [0.3, 0.4) is 0 Å². The number of piperidine rings is 1. The third-order valence-corrected chi connectivity index (χ3v) is 5.42. The number of rotatable bonds is 7. The highest BCUT2D eigenvalue weighted by Crippen LogP contribution is 2.18. The summed E-state index contributed by atoms with van der Waals surface area (Å²) in [6, 6.07) is 17.5. The Bertz CT molecular complexity index is 717. The molecule has 0 radical (unpaired) electrons. The van der Waals surface area contributed by atoms with Gasteiger partial charge in [-0.3, -0.25) is 9.69 Å². The van der Waals surface area contributed by atoms with Gasteiger partial charge in [0.15, 0.2) is 0 Å². The van der Waals surface area contributed by atoms with Gasteiger partial charge in [0.25, 0.3) is 0 Å². The lowest BCUT2D eigenvalue weighted by Crippen LogP contribution is -2.48. The second kappa shape index (κ2) is 9.65. The Morgan fingerprint density at radius 2 is 1.85 bits per heavy atom. The molecule has 1 heterocycles. The van der Waals surface area contributed by atoms with Crippen LogP contribution in [0.5, 0.6) is 0 Å². The summed E-state index contributed by atoms with van der Waals surface area (Å²) < 4.78 is 13.0. The quantitative estimate of drug-likeness (QED) is 0.729. The second-order valence-electron chi connectivity index (χ2n) is 7.52. The number of aryl methyl sites for hydroxylation is 1. The van der Waals surface area contributed by atoms with Crippen LogP contribution in [0.15, 0.2) is 54.6 Å². The molecule has 1 aliphatic rings. The summed E-state index contributed by atoms with van der Waals surface area (Å²) in [6.07, 6.45) is 4.39. The second-order valence-corrected chi connectivity index (χ2v) is 7.52. The predicted octanol–water partition coefficient (Wildman–Crippen LogP) is 4.27. The molecule has 2 aromatic rings. The van der Waals surface area contributed by atoms with Crippen molar-refractivity contribution in [3.8, 4) is 0 Å². The van der Waals surface area contributed by atoms with Crippen molar-refractivity contribution in [2.45, 2.75) is 44.7 Å². The monoisotopic (exact) mass is 368 g/mol. The summed E-state index contributed by atoms with van der Waals surface area (Å²) in [7, 11) is 2.15. The third-order valence-electron chi connectivity index (χ3n) is 5.42. The first-order valence-corrected chi connectivity index (χ1v) is 9.88. The Labute approximate surface area is 161 Å². The minimum Gasteiger partial charge on any atom is -0.341 e. The summed E-state index contributed by atoms with van der Waals surface area (Å²) >= 11 is 0. The highest BCUT2D eigenvalue weighted by atomic mass is 19.1. The van der Waals surface area contributed by atoms with E-state index in [4.69, 9.17) is 0 Å². The van der Waals surface area contributed by atoms with E-state index in [9.17, 15) is 9.18 Å². The standard InChI is InChI=1S/C23H29FN2O/c1-25(17-20-7-3-2-4-8-20)22-10-6-16-26(18-22)23(27)11-5-9-19-12-14-21(24)15-13-19/h2-4,7-8,12-15,22H,5-6,9-11,16-18H2,1H3. The average Bonchev–Trinajstić information content (AvgIpc) is 2.70. The zero-order chi connectivity index (χ0) is 19.1. The van der Waals surface area contributed by atoms with Gasteiger partial charge in [-0.05, 0) is 56.0 Å². The lowest BCUT2D eigenvalue weighted by atomic mass is 10.0. The molecule has 4 heteroatoms. The molecule has 0 aromatic heterocycles. The molecule has 27 heavy (non-hydrogen) atoms. The summed E-state index contributed by atoms with van der Waals surface area (Å²) in [5, 5.41) is 0. The van der Waals surface area contributed by atoms with Gasteiger partial charge in [-0.25, -0.2) is 4.39 Å². The minimum absolute atomic E-state index is 0.214. The molecule has 0 N–H and O–H groups in total. The maximum atomic E-state index is 13.0. The van der Waals surface area contributed by atoms with Gasteiger partial charge in [0.1, 0.15) is 5.82 Å². The third kappa shape index (κ3) is 5.90. The van der Waals surface area contributed by atoms with E-state index in [1.54, 1.807) is 12.1 Å². The first kappa shape index (κ1) is 19.6. The number of hydrogen-bond donors (Lipinski definition) is 0. The Morgan fingerprint density at radius 1 is 1.11 bits per heavy atom. The first-order valence-electron chi connectivity index (χ1n) is 9.88. The maximum absolute atomic E-state index is 13.0. The van der Waals surface area contributed by atoms with Crippen molar-refractivity contribution in [2.24, 2.45) is 0 Å². The van der Waals surface area contributed by atoms with Gasteiger partial charge in [-0.1, -0.05) is 42.5 Å². The minimum atomic E-state index is -0.214. The van der Waals surface area contributed by atoms with E-state index in [0.717, 1.165) is 50.9 Å². The number of carbonyl (C=O) groups is 1. The Hall–Kier alpha value is -2.20. The molecule has 1 unspecified atom stereocenters. The van der Waals surface area contributed by atoms with Crippen LogP contribution >= 0.6 is 0 Å². The number of halogens is 1. The zero-order valence-electron chi connectivity index (χ0n) is 16.1. The average molecular weight is 368 g/mol. The van der Waals surface area contributed by atoms with E-state index >= 15 is 0 Å². The van der Waals surface area contributed by atoms with Crippen molar-refractivity contribution in [3.63, 3.8) is 0 Å². The van der Waals surface area contributed by atoms with Crippen molar-refractivity contribution in [3.05, 3.63) is 71.5 Å². The number of hydrogen-bond acceptors (Lipinski definition) is 2. The van der Waals surface area contributed by atoms with Crippen molar-refractivity contribution in [1.29, 1.82) is 0 Å². The predicted molar refractivity (Wildman–Crippen MR) is 107 cm³/mol. The van der Waals surface area contributed by atoms with Gasteiger partial charge in [0.05, 0.1) is 0 Å². The largest absolute Gasteiger partial charge is 0.341 e. The molecule has 0 spiro atoms. The van der Waals surface area contributed by atoms with Crippen molar-refractivity contribution in [2.75, 3.05) is 20.1 Å². The number of carbonyl (C=O) groups excluding carboxylic acids is 1. The van der Waals surface area contributed by atoms with Gasteiger partial charge in [0.2, 0.25) is 5.91 Å². The molecule has 1 amide bonds. The highest BCUT2D eigenvalue weighted by molar-refractivity contribution is 5.76. The molecule has 3 nitrogen and oxygen atoms in total. The summed E-state index contributed by atoms with van der Waals surface area (Å²) in [5.41, 5.74) is 2.39. The van der Waals surface area contributed by atoms with Crippen LogP contribution in [-0.4, -0.2) is 41.9 Å². The topological polar surface area (TPSA) is 23.6 Å². The van der Waals surface area contributed by atoms with Crippen LogP contribution in [0, 0.1) is 5.82 Å². The van der Waals surface area contributed by atoms with Gasteiger partial charge in [0, 0.05) is 32.1 Å². The highest BCUT2D eigenvalue weighted by Gasteiger charge is 2.25. The van der Waals surface area contributed by atoms with Crippen LogP contribution in [-0.2, 0) is 17.8 Å². The van der Waals surface area contributed by atoms with Gasteiger partial charge < -0.3 is 4.90 Å². The van der Waals surface area contributed by atoms with E-state index in [0.29, 0.717) is 12.5 Å². The molecular weight excluding hydrogens is 339 g/mol. The fourth-order valence-corrected chi connectivity index (χ4v) is 3.79. The fourth-order valence-electron chi connectivity index (χ4n) is 3.79. The molecule has 0 saturated carbocycles. The van der Waals surface area contributed by atoms with E-state index in [-0.39, 0.29) is 11.7 Å². The van der Waals surface area contributed by atoms with Crippen molar-refractivity contribution in [1.82, 2.24) is 9.80 Å². The van der Waals surface area contributed by atoms with Crippen LogP contribution in [0.4, 0.5) is 4.39 Å².